The molecule has 36 heavy (non-hydrogen) atoms. The van der Waals surface area contributed by atoms with Crippen LogP contribution in [0.4, 0.5) is 13.2 Å². The zero-order valence-corrected chi connectivity index (χ0v) is 19.8. The van der Waals surface area contributed by atoms with Crippen LogP contribution in [0.3, 0.4) is 0 Å². The van der Waals surface area contributed by atoms with Gasteiger partial charge < -0.3 is 10.1 Å². The van der Waals surface area contributed by atoms with E-state index in [4.69, 9.17) is 4.74 Å². The van der Waals surface area contributed by atoms with Crippen LogP contribution in [0.5, 0.6) is 0 Å². The minimum absolute atomic E-state index is 0.0725. The van der Waals surface area contributed by atoms with Gasteiger partial charge in [0, 0.05) is 23.9 Å². The molecule has 0 fully saturated rings. The number of ketones is 1. The molecule has 1 aliphatic rings. The van der Waals surface area contributed by atoms with Crippen LogP contribution in [0.25, 0.3) is 10.9 Å². The predicted octanol–water partition coefficient (Wildman–Crippen LogP) is 4.44. The van der Waals surface area contributed by atoms with Crippen molar-refractivity contribution < 1.29 is 35.9 Å². The molecule has 0 atom stereocenters. The molecular formula is C25H21F3N2O5S. The molecule has 0 unspecified atom stereocenters. The Morgan fingerprint density at radius 1 is 1.03 bits per heavy atom. The minimum atomic E-state index is -5.00. The second-order valence-electron chi connectivity index (χ2n) is 8.03. The van der Waals surface area contributed by atoms with E-state index >= 15 is 0 Å². The summed E-state index contributed by atoms with van der Waals surface area (Å²) in [5, 5.41) is 2.31. The van der Waals surface area contributed by atoms with Gasteiger partial charge in [0.05, 0.1) is 23.3 Å². The van der Waals surface area contributed by atoms with Gasteiger partial charge in [-0.05, 0) is 36.3 Å². The molecular weight excluding hydrogens is 497 g/mol. The summed E-state index contributed by atoms with van der Waals surface area (Å²) in [6.07, 6.45) is -1.34. The van der Waals surface area contributed by atoms with E-state index < -0.39 is 27.9 Å². The van der Waals surface area contributed by atoms with E-state index in [9.17, 15) is 31.2 Å². The summed E-state index contributed by atoms with van der Waals surface area (Å²) < 4.78 is 70.6. The van der Waals surface area contributed by atoms with Crippen LogP contribution < -0.4 is 5.32 Å². The third kappa shape index (κ3) is 4.92. The number of aromatic nitrogens is 1. The molecule has 0 bridgehead atoms. The van der Waals surface area contributed by atoms with Crippen LogP contribution in [0, 0.1) is 0 Å². The third-order valence-electron chi connectivity index (χ3n) is 5.73. The molecule has 11 heteroatoms. The van der Waals surface area contributed by atoms with Gasteiger partial charge in [-0.25, -0.2) is 12.4 Å². The Hall–Kier alpha value is -3.86. The Morgan fingerprint density at radius 2 is 1.72 bits per heavy atom. The maximum absolute atomic E-state index is 13.6. The lowest BCUT2D eigenvalue weighted by Crippen LogP contribution is -2.36. The predicted molar refractivity (Wildman–Crippen MR) is 126 cm³/mol. The highest BCUT2D eigenvalue weighted by Gasteiger charge is 2.38. The van der Waals surface area contributed by atoms with Gasteiger partial charge in [-0.1, -0.05) is 42.5 Å². The molecule has 1 heterocycles. The monoisotopic (exact) mass is 518 g/mol. The first-order valence-electron chi connectivity index (χ1n) is 10.8. The maximum Gasteiger partial charge on any atom is 0.471 e. The summed E-state index contributed by atoms with van der Waals surface area (Å²) in [6.45, 7) is -0.382. The zero-order valence-electron chi connectivity index (χ0n) is 19.0. The number of ether oxygens (including phenoxy) is 1. The van der Waals surface area contributed by atoms with E-state index in [1.54, 1.807) is 35.7 Å². The zero-order chi connectivity index (χ0) is 26.1. The molecule has 1 N–H and O–H groups in total. The number of nitrogens with zero attached hydrogens (tertiary/aromatic N) is 1. The van der Waals surface area contributed by atoms with Crippen molar-refractivity contribution >= 4 is 32.6 Å². The Balaban J connectivity index is 1.69. The maximum atomic E-state index is 13.6. The summed E-state index contributed by atoms with van der Waals surface area (Å²) in [5.41, 5.74) is 0.747. The number of halogens is 3. The standard InChI is InChI=1S/C25H21F3N2O5S/c1-35-19-10-12-20(13-11-19)36(33,34)30-21-5-3-2-4-18(21)14-22(30)23(31)17-8-6-16(7-9-17)15-29-24(32)25(26,27)28/h2-10,12,14H,11,13,15H2,1H3,(H,29,32). The summed E-state index contributed by atoms with van der Waals surface area (Å²) in [5.74, 6) is -2.00. The van der Waals surface area contributed by atoms with Crippen molar-refractivity contribution in [3.05, 3.63) is 94.2 Å². The highest BCUT2D eigenvalue weighted by molar-refractivity contribution is 7.94. The normalized spacial score (nSPS) is 14.2. The van der Waals surface area contributed by atoms with Crippen LogP contribution in [-0.2, 0) is 26.1 Å². The van der Waals surface area contributed by atoms with Crippen molar-refractivity contribution in [1.29, 1.82) is 0 Å². The highest BCUT2D eigenvalue weighted by Crippen LogP contribution is 2.31. The van der Waals surface area contributed by atoms with Crippen molar-refractivity contribution in [3.63, 3.8) is 0 Å². The first-order valence-corrected chi connectivity index (χ1v) is 12.2. The van der Waals surface area contributed by atoms with Crippen LogP contribution in [-0.4, -0.2) is 37.4 Å². The number of hydrogen-bond acceptors (Lipinski definition) is 5. The smallest absolute Gasteiger partial charge is 0.471 e. The van der Waals surface area contributed by atoms with Gasteiger partial charge in [0.2, 0.25) is 5.78 Å². The number of methoxy groups -OCH3 is 1. The fourth-order valence-electron chi connectivity index (χ4n) is 3.85. The number of amides is 1. The minimum Gasteiger partial charge on any atom is -0.501 e. The molecule has 0 aliphatic heterocycles. The molecule has 7 nitrogen and oxygen atoms in total. The summed E-state index contributed by atoms with van der Waals surface area (Å²) in [7, 11) is -2.59. The molecule has 1 aromatic heterocycles. The lowest BCUT2D eigenvalue weighted by Gasteiger charge is -2.17. The van der Waals surface area contributed by atoms with E-state index in [0.717, 1.165) is 3.97 Å². The number of allylic oxidation sites excluding steroid dienone is 4. The Bertz CT molecular complexity index is 1500. The van der Waals surface area contributed by atoms with E-state index in [0.29, 0.717) is 28.6 Å². The SMILES string of the molecule is COC1=CC=C(S(=O)(=O)n2c(C(=O)c3ccc(CNC(=O)C(F)(F)F)cc3)cc3ccccc32)CC1. The fourth-order valence-corrected chi connectivity index (χ4v) is 5.51. The van der Waals surface area contributed by atoms with Crippen molar-refractivity contribution in [2.45, 2.75) is 25.6 Å². The van der Waals surface area contributed by atoms with Gasteiger partial charge in [0.1, 0.15) is 5.69 Å². The first-order chi connectivity index (χ1) is 17.0. The molecule has 4 rings (SSSR count). The Kier molecular flexibility index (Phi) is 6.77. The van der Waals surface area contributed by atoms with Gasteiger partial charge in [0.15, 0.2) is 0 Å². The molecule has 3 aromatic rings. The lowest BCUT2D eigenvalue weighted by molar-refractivity contribution is -0.173. The average molecular weight is 519 g/mol. The number of para-hydroxylation sites is 1. The fraction of sp³-hybridized carbons (Fsp3) is 0.200. The summed E-state index contributed by atoms with van der Waals surface area (Å²) in [6, 6.07) is 13.7. The second kappa shape index (κ2) is 9.65. The van der Waals surface area contributed by atoms with Gasteiger partial charge >= 0.3 is 12.1 Å². The Labute approximate surface area is 204 Å². The van der Waals surface area contributed by atoms with E-state index in [1.807, 2.05) is 0 Å². The molecule has 188 valence electrons. The lowest BCUT2D eigenvalue weighted by atomic mass is 10.1. The number of hydrogen-bond donors (Lipinski definition) is 1. The highest BCUT2D eigenvalue weighted by atomic mass is 32.2. The van der Waals surface area contributed by atoms with Gasteiger partial charge in [0.25, 0.3) is 10.0 Å². The number of rotatable bonds is 7. The van der Waals surface area contributed by atoms with Crippen LogP contribution in [0.15, 0.2) is 77.4 Å². The van der Waals surface area contributed by atoms with Gasteiger partial charge in [-0.2, -0.15) is 13.2 Å². The number of carbonyl (C=O) groups excluding carboxylic acids is 2. The molecule has 0 radical (unpaired) electrons. The topological polar surface area (TPSA) is 94.5 Å². The average Bonchev–Trinajstić information content (AvgIpc) is 3.27. The van der Waals surface area contributed by atoms with Crippen molar-refractivity contribution in [3.8, 4) is 0 Å². The van der Waals surface area contributed by atoms with Crippen molar-refractivity contribution in [2.75, 3.05) is 7.11 Å². The van der Waals surface area contributed by atoms with E-state index in [-0.39, 0.29) is 29.1 Å². The van der Waals surface area contributed by atoms with Crippen LogP contribution >= 0.6 is 0 Å². The molecule has 1 aliphatic carbocycles. The Morgan fingerprint density at radius 3 is 2.33 bits per heavy atom. The van der Waals surface area contributed by atoms with Crippen LogP contribution in [0.1, 0.15) is 34.5 Å². The molecule has 0 saturated carbocycles. The summed E-state index contributed by atoms with van der Waals surface area (Å²) in [4.78, 5) is 24.6. The number of fused-ring (bicyclic) bond motifs is 1. The van der Waals surface area contributed by atoms with Crippen molar-refractivity contribution in [1.82, 2.24) is 9.29 Å². The molecule has 2 aromatic carbocycles. The third-order valence-corrected chi connectivity index (χ3v) is 7.61. The summed E-state index contributed by atoms with van der Waals surface area (Å²) >= 11 is 0. The first kappa shape index (κ1) is 25.2. The largest absolute Gasteiger partial charge is 0.501 e. The quantitative estimate of drug-likeness (QED) is 0.467. The number of alkyl halides is 3. The van der Waals surface area contributed by atoms with E-state index in [1.165, 1.54) is 43.5 Å². The van der Waals surface area contributed by atoms with Crippen molar-refractivity contribution in [2.24, 2.45) is 0 Å². The van der Waals surface area contributed by atoms with E-state index in [2.05, 4.69) is 0 Å². The number of nitrogens with one attached hydrogen (secondary N) is 1. The molecule has 0 spiro atoms. The van der Waals surface area contributed by atoms with Gasteiger partial charge in [-0.3, -0.25) is 9.59 Å². The number of benzene rings is 2. The van der Waals surface area contributed by atoms with Crippen LogP contribution in [0.2, 0.25) is 0 Å². The molecule has 1 amide bonds. The van der Waals surface area contributed by atoms with Gasteiger partial charge in [-0.15, -0.1) is 0 Å². The molecule has 0 saturated heterocycles. The number of carbonyl (C=O) groups is 2. The second-order valence-corrected chi connectivity index (χ2v) is 9.87.